The molecule has 0 aliphatic rings. The molecule has 2 aromatic rings. The molecular formula is C11H8F2N2O3S2. The highest BCUT2D eigenvalue weighted by atomic mass is 32.2. The van der Waals surface area contributed by atoms with Gasteiger partial charge in [-0.1, -0.05) is 0 Å². The Balaban J connectivity index is 2.41. The highest BCUT2D eigenvalue weighted by Crippen LogP contribution is 2.25. The number of rotatable bonds is 4. The number of halogens is 2. The summed E-state index contributed by atoms with van der Waals surface area (Å²) in [6.45, 7) is 0. The number of benzene rings is 1. The number of anilines is 1. The molecule has 3 N–H and O–H groups in total. The molecule has 0 atom stereocenters. The summed E-state index contributed by atoms with van der Waals surface area (Å²) in [4.78, 5) is 10.4. The molecule has 1 aromatic heterocycles. The van der Waals surface area contributed by atoms with Crippen molar-refractivity contribution in [1.82, 2.24) is 0 Å². The van der Waals surface area contributed by atoms with Crippen LogP contribution in [0.15, 0.2) is 34.5 Å². The lowest BCUT2D eigenvalue weighted by molar-refractivity contribution is 0.100. The van der Waals surface area contributed by atoms with Crippen LogP contribution in [0, 0.1) is 11.6 Å². The number of nitrogens with two attached hydrogens (primary N) is 1. The SMILES string of the molecule is NC(=O)c1sccc1NS(=O)(=O)c1ccc(F)cc1F. The summed E-state index contributed by atoms with van der Waals surface area (Å²) >= 11 is 0.945. The van der Waals surface area contributed by atoms with Crippen LogP contribution < -0.4 is 10.5 Å². The van der Waals surface area contributed by atoms with Crippen LogP contribution in [0.2, 0.25) is 0 Å². The number of sulfonamides is 1. The normalized spacial score (nSPS) is 11.3. The Bertz CT molecular complexity index is 772. The van der Waals surface area contributed by atoms with Gasteiger partial charge in [0.1, 0.15) is 21.4 Å². The van der Waals surface area contributed by atoms with Crippen LogP contribution >= 0.6 is 11.3 Å². The predicted octanol–water partition coefficient (Wildman–Crippen LogP) is 1.93. The summed E-state index contributed by atoms with van der Waals surface area (Å²) in [6.07, 6.45) is 0. The van der Waals surface area contributed by atoms with E-state index in [9.17, 15) is 22.0 Å². The van der Waals surface area contributed by atoms with Crippen LogP contribution in [-0.2, 0) is 10.0 Å². The van der Waals surface area contributed by atoms with E-state index >= 15 is 0 Å². The minimum atomic E-state index is -4.28. The smallest absolute Gasteiger partial charge is 0.264 e. The van der Waals surface area contributed by atoms with E-state index < -0.39 is 32.5 Å². The fourth-order valence-corrected chi connectivity index (χ4v) is 3.37. The molecule has 0 bridgehead atoms. The molecule has 0 fully saturated rings. The first-order valence-corrected chi connectivity index (χ1v) is 7.53. The van der Waals surface area contributed by atoms with Gasteiger partial charge in [-0.05, 0) is 23.6 Å². The molecule has 0 spiro atoms. The lowest BCUT2D eigenvalue weighted by Gasteiger charge is -2.08. The maximum absolute atomic E-state index is 13.5. The molecule has 1 heterocycles. The van der Waals surface area contributed by atoms with E-state index in [0.717, 1.165) is 23.5 Å². The maximum atomic E-state index is 13.5. The number of hydrogen-bond donors (Lipinski definition) is 2. The Labute approximate surface area is 117 Å². The van der Waals surface area contributed by atoms with E-state index in [1.54, 1.807) is 0 Å². The Morgan fingerprint density at radius 1 is 1.25 bits per heavy atom. The van der Waals surface area contributed by atoms with Gasteiger partial charge in [0.25, 0.3) is 15.9 Å². The van der Waals surface area contributed by atoms with Gasteiger partial charge in [-0.3, -0.25) is 9.52 Å². The number of nitrogens with one attached hydrogen (secondary N) is 1. The third-order valence-electron chi connectivity index (χ3n) is 2.32. The predicted molar refractivity (Wildman–Crippen MR) is 70.0 cm³/mol. The monoisotopic (exact) mass is 318 g/mol. The van der Waals surface area contributed by atoms with Crippen LogP contribution in [0.1, 0.15) is 9.67 Å². The van der Waals surface area contributed by atoms with Crippen molar-refractivity contribution in [2.75, 3.05) is 4.72 Å². The van der Waals surface area contributed by atoms with Gasteiger partial charge in [-0.25, -0.2) is 17.2 Å². The molecule has 1 amide bonds. The van der Waals surface area contributed by atoms with E-state index in [-0.39, 0.29) is 10.6 Å². The molecule has 0 unspecified atom stereocenters. The average Bonchev–Trinajstić information content (AvgIpc) is 2.75. The zero-order valence-corrected chi connectivity index (χ0v) is 11.4. The number of hydrogen-bond acceptors (Lipinski definition) is 4. The number of thiophene rings is 1. The fourth-order valence-electron chi connectivity index (χ4n) is 1.47. The van der Waals surface area contributed by atoms with Crippen LogP contribution in [0.3, 0.4) is 0 Å². The fraction of sp³-hybridized carbons (Fsp3) is 0. The summed E-state index contributed by atoms with van der Waals surface area (Å²) in [7, 11) is -4.28. The summed E-state index contributed by atoms with van der Waals surface area (Å²) in [6, 6.07) is 3.39. The lowest BCUT2D eigenvalue weighted by atomic mass is 10.3. The van der Waals surface area contributed by atoms with E-state index in [2.05, 4.69) is 0 Å². The second-order valence-corrected chi connectivity index (χ2v) is 6.27. The molecule has 2 rings (SSSR count). The van der Waals surface area contributed by atoms with Crippen molar-refractivity contribution >= 4 is 33.0 Å². The highest BCUT2D eigenvalue weighted by Gasteiger charge is 2.22. The Hall–Kier alpha value is -2.00. The van der Waals surface area contributed by atoms with Gasteiger partial charge < -0.3 is 5.73 Å². The van der Waals surface area contributed by atoms with Crippen LogP contribution in [-0.4, -0.2) is 14.3 Å². The number of carbonyl (C=O) groups is 1. The molecule has 0 aliphatic carbocycles. The molecule has 9 heteroatoms. The van der Waals surface area contributed by atoms with Crippen molar-refractivity contribution in [1.29, 1.82) is 0 Å². The van der Waals surface area contributed by atoms with Crippen molar-refractivity contribution in [2.45, 2.75) is 4.90 Å². The molecule has 5 nitrogen and oxygen atoms in total. The first kappa shape index (κ1) is 14.4. The third-order valence-corrected chi connectivity index (χ3v) is 4.64. The Morgan fingerprint density at radius 3 is 2.55 bits per heavy atom. The molecular weight excluding hydrogens is 310 g/mol. The minimum absolute atomic E-state index is 0.00362. The first-order chi connectivity index (χ1) is 9.31. The topological polar surface area (TPSA) is 89.3 Å². The second-order valence-electron chi connectivity index (χ2n) is 3.71. The highest BCUT2D eigenvalue weighted by molar-refractivity contribution is 7.92. The van der Waals surface area contributed by atoms with Crippen molar-refractivity contribution in [3.63, 3.8) is 0 Å². The average molecular weight is 318 g/mol. The standard InChI is InChI=1S/C11H8F2N2O3S2/c12-6-1-2-9(7(13)5-6)20(17,18)15-8-3-4-19-10(8)11(14)16/h1-5,15H,(H2,14,16). The lowest BCUT2D eigenvalue weighted by Crippen LogP contribution is -2.18. The summed E-state index contributed by atoms with van der Waals surface area (Å²) in [5, 5.41) is 1.46. The van der Waals surface area contributed by atoms with Gasteiger partial charge in [0.15, 0.2) is 0 Å². The molecule has 106 valence electrons. The molecule has 0 saturated carbocycles. The van der Waals surface area contributed by atoms with E-state index in [4.69, 9.17) is 5.73 Å². The van der Waals surface area contributed by atoms with E-state index in [1.165, 1.54) is 11.4 Å². The van der Waals surface area contributed by atoms with Crippen LogP contribution in [0.5, 0.6) is 0 Å². The van der Waals surface area contributed by atoms with Gasteiger partial charge >= 0.3 is 0 Å². The second kappa shape index (κ2) is 5.17. The van der Waals surface area contributed by atoms with Crippen molar-refractivity contribution in [2.24, 2.45) is 5.73 Å². The van der Waals surface area contributed by atoms with E-state index in [0.29, 0.717) is 6.07 Å². The van der Waals surface area contributed by atoms with Gasteiger partial charge in [-0.15, -0.1) is 11.3 Å². The van der Waals surface area contributed by atoms with Crippen molar-refractivity contribution < 1.29 is 22.0 Å². The summed E-state index contributed by atoms with van der Waals surface area (Å²) in [5.74, 6) is -2.93. The van der Waals surface area contributed by atoms with Gasteiger partial charge in [0.05, 0.1) is 5.69 Å². The largest absolute Gasteiger partial charge is 0.365 e. The quantitative estimate of drug-likeness (QED) is 0.902. The maximum Gasteiger partial charge on any atom is 0.264 e. The Kier molecular flexibility index (Phi) is 3.73. The summed E-state index contributed by atoms with van der Waals surface area (Å²) in [5.41, 5.74) is 5.03. The molecule has 0 radical (unpaired) electrons. The zero-order valence-electron chi connectivity index (χ0n) is 9.76. The summed E-state index contributed by atoms with van der Waals surface area (Å²) < 4.78 is 52.3. The third kappa shape index (κ3) is 2.78. The van der Waals surface area contributed by atoms with Gasteiger partial charge in [0.2, 0.25) is 0 Å². The number of primary amides is 1. The first-order valence-electron chi connectivity index (χ1n) is 5.16. The molecule has 1 aromatic carbocycles. The zero-order chi connectivity index (χ0) is 14.9. The molecule has 20 heavy (non-hydrogen) atoms. The van der Waals surface area contributed by atoms with Crippen LogP contribution in [0.4, 0.5) is 14.5 Å². The Morgan fingerprint density at radius 2 is 1.95 bits per heavy atom. The van der Waals surface area contributed by atoms with Crippen molar-refractivity contribution in [3.8, 4) is 0 Å². The minimum Gasteiger partial charge on any atom is -0.365 e. The van der Waals surface area contributed by atoms with Gasteiger partial charge in [-0.2, -0.15) is 0 Å². The van der Waals surface area contributed by atoms with Crippen molar-refractivity contribution in [3.05, 3.63) is 46.2 Å². The number of amides is 1. The van der Waals surface area contributed by atoms with Gasteiger partial charge in [0, 0.05) is 6.07 Å². The van der Waals surface area contributed by atoms with E-state index in [1.807, 2.05) is 4.72 Å². The van der Waals surface area contributed by atoms with Crippen LogP contribution in [0.25, 0.3) is 0 Å². The molecule has 0 aliphatic heterocycles. The molecule has 0 saturated heterocycles. The number of carbonyl (C=O) groups excluding carboxylic acids is 1.